The van der Waals surface area contributed by atoms with E-state index < -0.39 is 17.8 Å². The molecule has 18 heavy (non-hydrogen) atoms. The maximum Gasteiger partial charge on any atom is 0.377 e. The van der Waals surface area contributed by atoms with Gasteiger partial charge in [0.15, 0.2) is 11.9 Å². The van der Waals surface area contributed by atoms with Crippen LogP contribution in [0.3, 0.4) is 0 Å². The van der Waals surface area contributed by atoms with Gasteiger partial charge in [0.25, 0.3) is 0 Å². The highest BCUT2D eigenvalue weighted by Crippen LogP contribution is 2.22. The molecule has 0 aromatic heterocycles. The predicted octanol–water partition coefficient (Wildman–Crippen LogP) is 2.73. The molecule has 1 aromatic carbocycles. The van der Waals surface area contributed by atoms with Crippen molar-refractivity contribution < 1.29 is 19.7 Å². The number of ether oxygens (including phenoxy) is 1. The Kier molecular flexibility index (Phi) is 3.67. The van der Waals surface area contributed by atoms with Crippen molar-refractivity contribution in [1.82, 2.24) is 0 Å². The van der Waals surface area contributed by atoms with Crippen molar-refractivity contribution >= 4 is 12.0 Å². The minimum Gasteiger partial charge on any atom is -0.505 e. The SMILES string of the molecule is O=C1OC(CC/C=C\c2ccccc2)C(O)=C1O. The molecule has 1 aromatic rings. The molecule has 2 N–H and O–H groups in total. The molecule has 2 rings (SSSR count). The number of carbonyl (C=O) groups is 1. The molecular formula is C14H14O4. The van der Waals surface area contributed by atoms with Crippen LogP contribution in [0, 0.1) is 0 Å². The lowest BCUT2D eigenvalue weighted by molar-refractivity contribution is -0.142. The van der Waals surface area contributed by atoms with Crippen LogP contribution < -0.4 is 0 Å². The molecule has 1 atom stereocenters. The number of allylic oxidation sites excluding steroid dienone is 1. The topological polar surface area (TPSA) is 66.8 Å². The Morgan fingerprint density at radius 3 is 2.56 bits per heavy atom. The van der Waals surface area contributed by atoms with Crippen molar-refractivity contribution in [2.24, 2.45) is 0 Å². The van der Waals surface area contributed by atoms with Crippen molar-refractivity contribution in [2.75, 3.05) is 0 Å². The van der Waals surface area contributed by atoms with Crippen molar-refractivity contribution in [1.29, 1.82) is 0 Å². The lowest BCUT2D eigenvalue weighted by atomic mass is 10.1. The summed E-state index contributed by atoms with van der Waals surface area (Å²) in [6.07, 6.45) is 4.26. The normalized spacial score (nSPS) is 19.6. The fourth-order valence-corrected chi connectivity index (χ4v) is 1.72. The minimum absolute atomic E-state index is 0.367. The smallest absolute Gasteiger partial charge is 0.377 e. The van der Waals surface area contributed by atoms with E-state index in [1.807, 2.05) is 42.5 Å². The second-order valence-electron chi connectivity index (χ2n) is 4.02. The summed E-state index contributed by atoms with van der Waals surface area (Å²) in [6.45, 7) is 0. The first-order valence-corrected chi connectivity index (χ1v) is 5.73. The summed E-state index contributed by atoms with van der Waals surface area (Å²) in [5.74, 6) is -1.90. The molecule has 0 bridgehead atoms. The van der Waals surface area contributed by atoms with Gasteiger partial charge in [0.05, 0.1) is 0 Å². The molecule has 0 radical (unpaired) electrons. The number of aliphatic hydroxyl groups is 2. The van der Waals surface area contributed by atoms with Crippen LogP contribution in [0.4, 0.5) is 0 Å². The number of hydrogen-bond donors (Lipinski definition) is 2. The third-order valence-corrected chi connectivity index (χ3v) is 2.70. The lowest BCUT2D eigenvalue weighted by Gasteiger charge is -2.07. The number of aliphatic hydroxyl groups excluding tert-OH is 2. The predicted molar refractivity (Wildman–Crippen MR) is 66.9 cm³/mol. The second-order valence-corrected chi connectivity index (χ2v) is 4.02. The van der Waals surface area contributed by atoms with Crippen LogP contribution in [0.2, 0.25) is 0 Å². The monoisotopic (exact) mass is 246 g/mol. The average Bonchev–Trinajstić information content (AvgIpc) is 2.64. The van der Waals surface area contributed by atoms with Gasteiger partial charge in [-0.3, -0.25) is 0 Å². The van der Waals surface area contributed by atoms with Gasteiger partial charge in [0.1, 0.15) is 0 Å². The van der Waals surface area contributed by atoms with Gasteiger partial charge >= 0.3 is 5.97 Å². The molecule has 0 aliphatic carbocycles. The highest BCUT2D eigenvalue weighted by atomic mass is 16.6. The molecule has 0 saturated carbocycles. The van der Waals surface area contributed by atoms with Crippen LogP contribution in [-0.4, -0.2) is 22.3 Å². The van der Waals surface area contributed by atoms with E-state index >= 15 is 0 Å². The molecule has 0 fully saturated rings. The Bertz CT molecular complexity index is 488. The molecule has 1 aliphatic heterocycles. The number of benzene rings is 1. The van der Waals surface area contributed by atoms with E-state index in [9.17, 15) is 9.90 Å². The summed E-state index contributed by atoms with van der Waals surface area (Å²) in [4.78, 5) is 10.9. The number of carbonyl (C=O) groups excluding carboxylic acids is 1. The molecule has 4 nitrogen and oxygen atoms in total. The summed E-state index contributed by atoms with van der Waals surface area (Å²) >= 11 is 0. The average molecular weight is 246 g/mol. The van der Waals surface area contributed by atoms with Crippen LogP contribution in [0.15, 0.2) is 47.9 Å². The van der Waals surface area contributed by atoms with E-state index in [1.165, 1.54) is 0 Å². The summed E-state index contributed by atoms with van der Waals surface area (Å²) in [6, 6.07) is 9.81. The number of esters is 1. The Labute approximate surface area is 105 Å². The first-order chi connectivity index (χ1) is 8.68. The maximum atomic E-state index is 10.9. The van der Waals surface area contributed by atoms with E-state index in [0.717, 1.165) is 5.56 Å². The Hall–Kier alpha value is -2.23. The van der Waals surface area contributed by atoms with Gasteiger partial charge in [-0.25, -0.2) is 4.79 Å². The van der Waals surface area contributed by atoms with Crippen molar-refractivity contribution in [3.8, 4) is 0 Å². The Morgan fingerprint density at radius 2 is 1.94 bits per heavy atom. The molecular weight excluding hydrogens is 232 g/mol. The largest absolute Gasteiger partial charge is 0.505 e. The van der Waals surface area contributed by atoms with Gasteiger partial charge in [-0.05, 0) is 18.4 Å². The first-order valence-electron chi connectivity index (χ1n) is 5.73. The van der Waals surface area contributed by atoms with E-state index in [0.29, 0.717) is 12.8 Å². The van der Waals surface area contributed by atoms with Crippen LogP contribution in [0.5, 0.6) is 0 Å². The molecule has 0 spiro atoms. The van der Waals surface area contributed by atoms with Crippen LogP contribution in [0.25, 0.3) is 6.08 Å². The Balaban J connectivity index is 1.84. The minimum atomic E-state index is -0.857. The van der Waals surface area contributed by atoms with Gasteiger partial charge in [-0.2, -0.15) is 0 Å². The van der Waals surface area contributed by atoms with Crippen molar-refractivity contribution in [3.05, 3.63) is 53.5 Å². The summed E-state index contributed by atoms with van der Waals surface area (Å²) in [5.41, 5.74) is 1.09. The number of cyclic esters (lactones) is 1. The fourth-order valence-electron chi connectivity index (χ4n) is 1.72. The van der Waals surface area contributed by atoms with Crippen LogP contribution in [0.1, 0.15) is 18.4 Å². The second kappa shape index (κ2) is 5.40. The number of rotatable bonds is 4. The third kappa shape index (κ3) is 2.71. The molecule has 1 unspecified atom stereocenters. The lowest BCUT2D eigenvalue weighted by Crippen LogP contribution is -2.10. The van der Waals surface area contributed by atoms with Crippen molar-refractivity contribution in [2.45, 2.75) is 18.9 Å². The zero-order valence-corrected chi connectivity index (χ0v) is 9.74. The molecule has 0 amide bonds. The van der Waals surface area contributed by atoms with Gasteiger partial charge in [0.2, 0.25) is 5.76 Å². The Morgan fingerprint density at radius 1 is 1.22 bits per heavy atom. The first kappa shape index (κ1) is 12.2. The van der Waals surface area contributed by atoms with Crippen LogP contribution >= 0.6 is 0 Å². The number of hydrogen-bond acceptors (Lipinski definition) is 4. The van der Waals surface area contributed by atoms with Gasteiger partial charge < -0.3 is 14.9 Å². The quantitative estimate of drug-likeness (QED) is 0.801. The summed E-state index contributed by atoms with van der Waals surface area (Å²) < 4.78 is 4.79. The standard InChI is InChI=1S/C14H14O4/c15-12-11(18-14(17)13(12)16)9-5-4-8-10-6-2-1-3-7-10/h1-4,6-8,11,15-16H,5,9H2/b8-4-. The molecule has 1 aliphatic rings. The zero-order chi connectivity index (χ0) is 13.0. The fraction of sp³-hybridized carbons (Fsp3) is 0.214. The third-order valence-electron chi connectivity index (χ3n) is 2.70. The van der Waals surface area contributed by atoms with Gasteiger partial charge in [-0.1, -0.05) is 42.5 Å². The molecule has 4 heteroatoms. The van der Waals surface area contributed by atoms with Gasteiger partial charge in [-0.15, -0.1) is 0 Å². The summed E-state index contributed by atoms with van der Waals surface area (Å²) in [5, 5.41) is 18.5. The zero-order valence-electron chi connectivity index (χ0n) is 9.74. The van der Waals surface area contributed by atoms with Crippen LogP contribution in [-0.2, 0) is 9.53 Å². The highest BCUT2D eigenvalue weighted by Gasteiger charge is 2.33. The van der Waals surface area contributed by atoms with E-state index in [-0.39, 0.29) is 5.76 Å². The molecule has 1 heterocycles. The van der Waals surface area contributed by atoms with E-state index in [1.54, 1.807) is 0 Å². The molecule has 94 valence electrons. The highest BCUT2D eigenvalue weighted by molar-refractivity contribution is 5.88. The molecule has 0 saturated heterocycles. The van der Waals surface area contributed by atoms with Gasteiger partial charge in [0, 0.05) is 0 Å². The summed E-state index contributed by atoms with van der Waals surface area (Å²) in [7, 11) is 0. The van der Waals surface area contributed by atoms with E-state index in [4.69, 9.17) is 9.84 Å². The maximum absolute atomic E-state index is 10.9. The van der Waals surface area contributed by atoms with E-state index in [2.05, 4.69) is 0 Å². The van der Waals surface area contributed by atoms with Crippen molar-refractivity contribution in [3.63, 3.8) is 0 Å².